The number of carbonyl (C=O) groups excluding carboxylic acids is 1. The molecule has 128 valence electrons. The minimum absolute atomic E-state index is 0.134. The fourth-order valence-corrected chi connectivity index (χ4v) is 3.71. The summed E-state index contributed by atoms with van der Waals surface area (Å²) >= 11 is 0. The number of aromatic nitrogens is 2. The predicted octanol–water partition coefficient (Wildman–Crippen LogP) is 2.47. The van der Waals surface area contributed by atoms with Gasteiger partial charge in [0.15, 0.2) is 5.82 Å². The highest BCUT2D eigenvalue weighted by Crippen LogP contribution is 2.38. The Morgan fingerprint density at radius 3 is 2.65 bits per heavy atom. The fourth-order valence-electron chi connectivity index (χ4n) is 3.71. The van der Waals surface area contributed by atoms with Crippen LogP contribution in [0.15, 0.2) is 4.52 Å². The maximum absolute atomic E-state index is 12.6. The Labute approximate surface area is 137 Å². The lowest BCUT2D eigenvalue weighted by molar-refractivity contribution is -0.124. The summed E-state index contributed by atoms with van der Waals surface area (Å²) in [7, 11) is 0. The van der Waals surface area contributed by atoms with Crippen molar-refractivity contribution in [3.63, 3.8) is 0 Å². The minimum atomic E-state index is -0.416. The van der Waals surface area contributed by atoms with Crippen molar-refractivity contribution in [3.05, 3.63) is 11.7 Å². The molecule has 3 rings (SSSR count). The molecule has 6 nitrogen and oxygen atoms in total. The van der Waals surface area contributed by atoms with E-state index in [1.165, 1.54) is 0 Å². The quantitative estimate of drug-likeness (QED) is 0.871. The number of carbonyl (C=O) groups is 1. The van der Waals surface area contributed by atoms with Gasteiger partial charge in [-0.25, -0.2) is 0 Å². The maximum atomic E-state index is 12.6. The summed E-state index contributed by atoms with van der Waals surface area (Å²) in [5, 5.41) is 10.8. The Bertz CT molecular complexity index is 528. The Morgan fingerprint density at radius 1 is 1.35 bits per heavy atom. The highest BCUT2D eigenvalue weighted by molar-refractivity contribution is 5.77. The first-order valence-electron chi connectivity index (χ1n) is 8.95. The van der Waals surface area contributed by atoms with E-state index >= 15 is 0 Å². The lowest BCUT2D eigenvalue weighted by atomic mass is 9.92. The average Bonchev–Trinajstić information content (AvgIpc) is 3.17. The molecule has 2 fully saturated rings. The Kier molecular flexibility index (Phi) is 4.99. The number of hydrogen-bond donors (Lipinski definition) is 2. The van der Waals surface area contributed by atoms with Gasteiger partial charge in [-0.1, -0.05) is 31.8 Å². The van der Waals surface area contributed by atoms with E-state index in [4.69, 9.17) is 4.52 Å². The SMILES string of the molecule is CC(C)c1nc(C2(NC(=O)CC3CCNCC3)CCCC2)no1. The summed E-state index contributed by atoms with van der Waals surface area (Å²) in [6.07, 6.45) is 6.78. The van der Waals surface area contributed by atoms with Gasteiger partial charge in [-0.3, -0.25) is 4.79 Å². The lowest BCUT2D eigenvalue weighted by Gasteiger charge is -2.29. The van der Waals surface area contributed by atoms with Crippen molar-refractivity contribution < 1.29 is 9.32 Å². The molecule has 1 amide bonds. The van der Waals surface area contributed by atoms with Crippen LogP contribution in [-0.4, -0.2) is 29.1 Å². The second-order valence-electron chi connectivity index (χ2n) is 7.35. The van der Waals surface area contributed by atoms with Crippen LogP contribution in [0.5, 0.6) is 0 Å². The molecule has 1 aliphatic carbocycles. The second kappa shape index (κ2) is 6.99. The highest BCUT2D eigenvalue weighted by atomic mass is 16.5. The van der Waals surface area contributed by atoms with Crippen molar-refractivity contribution in [2.75, 3.05) is 13.1 Å². The van der Waals surface area contributed by atoms with Crippen molar-refractivity contribution in [2.45, 2.75) is 70.3 Å². The number of piperidine rings is 1. The van der Waals surface area contributed by atoms with Gasteiger partial charge in [0.05, 0.1) is 0 Å². The normalized spacial score (nSPS) is 21.7. The van der Waals surface area contributed by atoms with Gasteiger partial charge in [0.2, 0.25) is 11.8 Å². The average molecular weight is 320 g/mol. The van der Waals surface area contributed by atoms with Gasteiger partial charge in [-0.2, -0.15) is 4.98 Å². The molecule has 1 saturated heterocycles. The Morgan fingerprint density at radius 2 is 2.04 bits per heavy atom. The molecule has 0 atom stereocenters. The molecule has 1 aromatic heterocycles. The van der Waals surface area contributed by atoms with Crippen LogP contribution in [-0.2, 0) is 10.3 Å². The smallest absolute Gasteiger partial charge is 0.229 e. The molecule has 2 aliphatic rings. The zero-order valence-corrected chi connectivity index (χ0v) is 14.2. The molecule has 2 N–H and O–H groups in total. The predicted molar refractivity (Wildman–Crippen MR) is 86.9 cm³/mol. The molecule has 1 saturated carbocycles. The van der Waals surface area contributed by atoms with E-state index in [1.54, 1.807) is 0 Å². The van der Waals surface area contributed by atoms with Gasteiger partial charge in [-0.05, 0) is 44.7 Å². The van der Waals surface area contributed by atoms with Gasteiger partial charge in [0.1, 0.15) is 5.54 Å². The topological polar surface area (TPSA) is 80.0 Å². The zero-order valence-electron chi connectivity index (χ0n) is 14.2. The summed E-state index contributed by atoms with van der Waals surface area (Å²) in [4.78, 5) is 17.1. The number of rotatable bonds is 5. The fraction of sp³-hybridized carbons (Fsp3) is 0.824. The Hall–Kier alpha value is -1.43. The Balaban J connectivity index is 1.68. The number of nitrogens with zero attached hydrogens (tertiary/aromatic N) is 2. The summed E-state index contributed by atoms with van der Waals surface area (Å²) < 4.78 is 5.37. The molecule has 0 aromatic carbocycles. The standard InChI is InChI=1S/C17H28N4O2/c1-12(2)15-19-16(21-23-15)17(7-3-4-8-17)20-14(22)11-13-5-9-18-10-6-13/h12-13,18H,3-11H2,1-2H3,(H,20,22). The van der Waals surface area contributed by atoms with Crippen molar-refractivity contribution in [1.29, 1.82) is 0 Å². The molecule has 1 aromatic rings. The van der Waals surface area contributed by atoms with Crippen LogP contribution in [0.1, 0.15) is 76.4 Å². The molecule has 6 heteroatoms. The number of hydrogen-bond acceptors (Lipinski definition) is 5. The molecular formula is C17H28N4O2. The van der Waals surface area contributed by atoms with Crippen molar-refractivity contribution >= 4 is 5.91 Å². The van der Waals surface area contributed by atoms with Crippen molar-refractivity contribution in [3.8, 4) is 0 Å². The van der Waals surface area contributed by atoms with Gasteiger partial charge in [-0.15, -0.1) is 0 Å². The van der Waals surface area contributed by atoms with Crippen molar-refractivity contribution in [2.24, 2.45) is 5.92 Å². The van der Waals surface area contributed by atoms with Crippen LogP contribution in [0.25, 0.3) is 0 Å². The second-order valence-corrected chi connectivity index (χ2v) is 7.35. The first kappa shape index (κ1) is 16.4. The first-order valence-corrected chi connectivity index (χ1v) is 8.95. The third-order valence-electron chi connectivity index (χ3n) is 5.13. The van der Waals surface area contributed by atoms with Crippen LogP contribution in [0.4, 0.5) is 0 Å². The van der Waals surface area contributed by atoms with E-state index in [2.05, 4.69) is 20.8 Å². The minimum Gasteiger partial charge on any atom is -0.343 e. The summed E-state index contributed by atoms with van der Waals surface area (Å²) in [6.45, 7) is 6.11. The van der Waals surface area contributed by atoms with E-state index < -0.39 is 5.54 Å². The van der Waals surface area contributed by atoms with E-state index in [9.17, 15) is 4.79 Å². The summed E-state index contributed by atoms with van der Waals surface area (Å²) in [5.74, 6) is 2.15. The summed E-state index contributed by atoms with van der Waals surface area (Å²) in [5.41, 5.74) is -0.416. The first-order chi connectivity index (χ1) is 11.1. The molecule has 2 heterocycles. The highest BCUT2D eigenvalue weighted by Gasteiger charge is 2.41. The van der Waals surface area contributed by atoms with Gasteiger partial charge in [0, 0.05) is 12.3 Å². The molecule has 0 radical (unpaired) electrons. The number of amides is 1. The van der Waals surface area contributed by atoms with Crippen LogP contribution >= 0.6 is 0 Å². The molecular weight excluding hydrogens is 292 g/mol. The van der Waals surface area contributed by atoms with Gasteiger partial charge < -0.3 is 15.2 Å². The van der Waals surface area contributed by atoms with E-state index in [0.29, 0.717) is 24.1 Å². The molecule has 23 heavy (non-hydrogen) atoms. The maximum Gasteiger partial charge on any atom is 0.229 e. The van der Waals surface area contributed by atoms with Crippen LogP contribution in [0.2, 0.25) is 0 Å². The van der Waals surface area contributed by atoms with Crippen LogP contribution < -0.4 is 10.6 Å². The van der Waals surface area contributed by atoms with Gasteiger partial charge >= 0.3 is 0 Å². The van der Waals surface area contributed by atoms with Crippen molar-refractivity contribution in [1.82, 2.24) is 20.8 Å². The van der Waals surface area contributed by atoms with E-state index in [0.717, 1.165) is 51.6 Å². The van der Waals surface area contributed by atoms with E-state index in [1.807, 2.05) is 13.8 Å². The summed E-state index contributed by atoms with van der Waals surface area (Å²) in [6, 6.07) is 0. The molecule has 0 spiro atoms. The van der Waals surface area contributed by atoms with Crippen LogP contribution in [0, 0.1) is 5.92 Å². The van der Waals surface area contributed by atoms with Crippen LogP contribution in [0.3, 0.4) is 0 Å². The molecule has 0 unspecified atom stereocenters. The zero-order chi connectivity index (χ0) is 16.3. The third-order valence-corrected chi connectivity index (χ3v) is 5.13. The third kappa shape index (κ3) is 3.74. The largest absolute Gasteiger partial charge is 0.343 e. The molecule has 0 bridgehead atoms. The lowest BCUT2D eigenvalue weighted by Crippen LogP contribution is -2.45. The number of nitrogens with one attached hydrogen (secondary N) is 2. The monoisotopic (exact) mass is 320 g/mol. The van der Waals surface area contributed by atoms with E-state index in [-0.39, 0.29) is 11.8 Å². The molecule has 1 aliphatic heterocycles. The van der Waals surface area contributed by atoms with Gasteiger partial charge in [0.25, 0.3) is 0 Å².